The van der Waals surface area contributed by atoms with E-state index in [4.69, 9.17) is 5.73 Å². The molecule has 0 aliphatic heterocycles. The van der Waals surface area contributed by atoms with Crippen molar-refractivity contribution in [2.75, 3.05) is 13.6 Å². The molecule has 120 valence electrons. The molecule has 2 nitrogen and oxygen atoms in total. The molecule has 0 amide bonds. The Labute approximate surface area is 127 Å². The largest absolute Gasteiger partial charge is 0.330 e. The number of hydrogen-bond acceptors (Lipinski definition) is 2. The molecule has 1 fully saturated rings. The lowest BCUT2D eigenvalue weighted by molar-refractivity contribution is 0.0122. The van der Waals surface area contributed by atoms with Gasteiger partial charge in [-0.25, -0.2) is 0 Å². The minimum Gasteiger partial charge on any atom is -0.330 e. The van der Waals surface area contributed by atoms with Gasteiger partial charge in [0.15, 0.2) is 0 Å². The van der Waals surface area contributed by atoms with Crippen molar-refractivity contribution in [1.29, 1.82) is 0 Å². The lowest BCUT2D eigenvalue weighted by atomic mass is 9.67. The van der Waals surface area contributed by atoms with Gasteiger partial charge < -0.3 is 5.73 Å². The Balaban J connectivity index is 2.86. The van der Waals surface area contributed by atoms with Gasteiger partial charge in [0.1, 0.15) is 0 Å². The van der Waals surface area contributed by atoms with Crippen LogP contribution in [0.5, 0.6) is 0 Å². The van der Waals surface area contributed by atoms with Gasteiger partial charge in [0.05, 0.1) is 0 Å². The summed E-state index contributed by atoms with van der Waals surface area (Å²) in [6.45, 7) is 17.4. The second-order valence-electron chi connectivity index (χ2n) is 9.15. The Morgan fingerprint density at radius 2 is 1.65 bits per heavy atom. The summed E-state index contributed by atoms with van der Waals surface area (Å²) in [5, 5.41) is 0. The molecule has 0 bridgehead atoms. The van der Waals surface area contributed by atoms with Crippen LogP contribution in [0.15, 0.2) is 0 Å². The molecule has 1 aliphatic rings. The highest BCUT2D eigenvalue weighted by Gasteiger charge is 2.39. The Hall–Kier alpha value is -0.0800. The summed E-state index contributed by atoms with van der Waals surface area (Å²) in [7, 11) is 2.31. The maximum absolute atomic E-state index is 6.07. The minimum absolute atomic E-state index is 0.322. The zero-order chi connectivity index (χ0) is 15.7. The Kier molecular flexibility index (Phi) is 5.71. The second-order valence-corrected chi connectivity index (χ2v) is 9.15. The van der Waals surface area contributed by atoms with Gasteiger partial charge in [0.25, 0.3) is 0 Å². The van der Waals surface area contributed by atoms with E-state index in [0.717, 1.165) is 12.5 Å². The molecule has 1 saturated carbocycles. The second kappa shape index (κ2) is 6.36. The lowest BCUT2D eigenvalue weighted by Crippen LogP contribution is -2.52. The molecule has 1 aliphatic carbocycles. The fourth-order valence-electron chi connectivity index (χ4n) is 3.67. The minimum atomic E-state index is 0.322. The van der Waals surface area contributed by atoms with Crippen LogP contribution in [-0.2, 0) is 0 Å². The molecular formula is C18H38N2. The van der Waals surface area contributed by atoms with Crippen LogP contribution in [-0.4, -0.2) is 30.6 Å². The van der Waals surface area contributed by atoms with Crippen molar-refractivity contribution in [2.45, 2.75) is 79.8 Å². The predicted molar refractivity (Wildman–Crippen MR) is 89.8 cm³/mol. The molecule has 2 heteroatoms. The first-order chi connectivity index (χ1) is 8.98. The lowest BCUT2D eigenvalue weighted by Gasteiger charge is -2.49. The van der Waals surface area contributed by atoms with Crippen molar-refractivity contribution in [3.63, 3.8) is 0 Å². The van der Waals surface area contributed by atoms with E-state index in [1.165, 1.54) is 19.3 Å². The van der Waals surface area contributed by atoms with E-state index in [2.05, 4.69) is 60.4 Å². The average Bonchev–Trinajstić information content (AvgIpc) is 2.34. The van der Waals surface area contributed by atoms with E-state index >= 15 is 0 Å². The van der Waals surface area contributed by atoms with E-state index in [0.29, 0.717) is 28.8 Å². The van der Waals surface area contributed by atoms with Crippen molar-refractivity contribution < 1.29 is 0 Å². The van der Waals surface area contributed by atoms with Crippen LogP contribution in [0, 0.1) is 22.7 Å². The summed E-state index contributed by atoms with van der Waals surface area (Å²) in [5.41, 5.74) is 6.81. The number of nitrogens with zero attached hydrogens (tertiary/aromatic N) is 1. The summed E-state index contributed by atoms with van der Waals surface area (Å²) in [6.07, 6.45) is 3.95. The Morgan fingerprint density at radius 3 is 2.05 bits per heavy atom. The Bertz CT molecular complexity index is 286. The zero-order valence-corrected chi connectivity index (χ0v) is 15.2. The van der Waals surface area contributed by atoms with Crippen LogP contribution >= 0.6 is 0 Å². The first kappa shape index (κ1) is 18.0. The van der Waals surface area contributed by atoms with Gasteiger partial charge in [-0.15, -0.1) is 0 Å². The highest BCUT2D eigenvalue weighted by molar-refractivity contribution is 4.93. The molecule has 0 aromatic heterocycles. The molecule has 20 heavy (non-hydrogen) atoms. The standard InChI is InChI=1S/C18H38N2/c1-13(17(2,3)4)20(8)16-11-15(18(5,6)7)10-9-14(16)12-19/h13-16H,9-12,19H2,1-8H3. The summed E-state index contributed by atoms with van der Waals surface area (Å²) < 4.78 is 0. The first-order valence-electron chi connectivity index (χ1n) is 8.40. The maximum atomic E-state index is 6.07. The van der Waals surface area contributed by atoms with Crippen molar-refractivity contribution >= 4 is 0 Å². The van der Waals surface area contributed by atoms with Gasteiger partial charge in [-0.2, -0.15) is 0 Å². The summed E-state index contributed by atoms with van der Waals surface area (Å²) in [5.74, 6) is 1.49. The summed E-state index contributed by atoms with van der Waals surface area (Å²) >= 11 is 0. The fourth-order valence-corrected chi connectivity index (χ4v) is 3.67. The highest BCUT2D eigenvalue weighted by Crippen LogP contribution is 2.42. The van der Waals surface area contributed by atoms with Gasteiger partial charge in [0, 0.05) is 12.1 Å². The molecule has 0 aromatic carbocycles. The summed E-state index contributed by atoms with van der Waals surface area (Å²) in [4.78, 5) is 2.62. The molecule has 0 saturated heterocycles. The van der Waals surface area contributed by atoms with Crippen LogP contribution in [0.3, 0.4) is 0 Å². The number of hydrogen-bond donors (Lipinski definition) is 1. The average molecular weight is 283 g/mol. The number of nitrogens with two attached hydrogens (primary N) is 1. The SMILES string of the molecule is CC(N(C)C1CC(C(C)(C)C)CCC1CN)C(C)(C)C. The molecular weight excluding hydrogens is 244 g/mol. The molecule has 1 rings (SSSR count). The van der Waals surface area contributed by atoms with Crippen LogP contribution in [0.4, 0.5) is 0 Å². The van der Waals surface area contributed by atoms with Crippen LogP contribution in [0.1, 0.15) is 67.7 Å². The molecule has 0 radical (unpaired) electrons. The molecule has 2 N–H and O–H groups in total. The van der Waals surface area contributed by atoms with E-state index in [1.807, 2.05) is 0 Å². The van der Waals surface area contributed by atoms with Gasteiger partial charge in [-0.1, -0.05) is 41.5 Å². The fraction of sp³-hybridized carbons (Fsp3) is 1.00. The first-order valence-corrected chi connectivity index (χ1v) is 8.40. The van der Waals surface area contributed by atoms with Gasteiger partial charge >= 0.3 is 0 Å². The predicted octanol–water partition coefficient (Wildman–Crippen LogP) is 4.14. The van der Waals surface area contributed by atoms with Gasteiger partial charge in [-0.3, -0.25) is 4.90 Å². The Morgan fingerprint density at radius 1 is 1.10 bits per heavy atom. The van der Waals surface area contributed by atoms with Gasteiger partial charge in [0.2, 0.25) is 0 Å². The van der Waals surface area contributed by atoms with Crippen molar-refractivity contribution in [3.8, 4) is 0 Å². The van der Waals surface area contributed by atoms with Gasteiger partial charge in [-0.05, 0) is 62.4 Å². The molecule has 0 aromatic rings. The smallest absolute Gasteiger partial charge is 0.0138 e. The molecule has 0 spiro atoms. The number of rotatable bonds is 3. The van der Waals surface area contributed by atoms with Crippen molar-refractivity contribution in [1.82, 2.24) is 4.90 Å². The van der Waals surface area contributed by atoms with Crippen LogP contribution in [0.2, 0.25) is 0 Å². The monoisotopic (exact) mass is 282 g/mol. The van der Waals surface area contributed by atoms with E-state index in [-0.39, 0.29) is 0 Å². The molecule has 0 heterocycles. The third-order valence-corrected chi connectivity index (χ3v) is 5.87. The van der Waals surface area contributed by atoms with E-state index < -0.39 is 0 Å². The molecule has 4 atom stereocenters. The van der Waals surface area contributed by atoms with Crippen LogP contribution < -0.4 is 5.73 Å². The van der Waals surface area contributed by atoms with Crippen molar-refractivity contribution in [3.05, 3.63) is 0 Å². The van der Waals surface area contributed by atoms with Crippen LogP contribution in [0.25, 0.3) is 0 Å². The topological polar surface area (TPSA) is 29.3 Å². The highest BCUT2D eigenvalue weighted by atomic mass is 15.2. The van der Waals surface area contributed by atoms with Crippen molar-refractivity contribution in [2.24, 2.45) is 28.4 Å². The third kappa shape index (κ3) is 4.21. The van der Waals surface area contributed by atoms with E-state index in [1.54, 1.807) is 0 Å². The normalized spacial score (nSPS) is 30.6. The zero-order valence-electron chi connectivity index (χ0n) is 15.2. The van der Waals surface area contributed by atoms with E-state index in [9.17, 15) is 0 Å². The quantitative estimate of drug-likeness (QED) is 0.843. The molecule has 4 unspecified atom stereocenters. The maximum Gasteiger partial charge on any atom is 0.0138 e. The third-order valence-electron chi connectivity index (χ3n) is 5.87. The summed E-state index contributed by atoms with van der Waals surface area (Å²) in [6, 6.07) is 1.23.